The molecule has 0 aliphatic heterocycles. The van der Waals surface area contributed by atoms with Crippen molar-refractivity contribution < 1.29 is 15.0 Å². The Morgan fingerprint density at radius 1 is 1.15 bits per heavy atom. The molecule has 2 rings (SSSR count). The fourth-order valence-electron chi connectivity index (χ4n) is 2.03. The Morgan fingerprint density at radius 3 is 2.45 bits per heavy atom. The van der Waals surface area contributed by atoms with Gasteiger partial charge < -0.3 is 15.1 Å². The Balaban J connectivity index is 2.23. The molecule has 4 heteroatoms. The van der Waals surface area contributed by atoms with Crippen LogP contribution >= 0.6 is 0 Å². The summed E-state index contributed by atoms with van der Waals surface area (Å²) in [6.07, 6.45) is 0. The van der Waals surface area contributed by atoms with Gasteiger partial charge in [-0.25, -0.2) is 0 Å². The highest BCUT2D eigenvalue weighted by Crippen LogP contribution is 2.19. The second kappa shape index (κ2) is 6.10. The van der Waals surface area contributed by atoms with E-state index < -0.39 is 5.97 Å². The predicted octanol–water partition coefficient (Wildman–Crippen LogP) is 2.79. The molecule has 0 fully saturated rings. The van der Waals surface area contributed by atoms with Crippen molar-refractivity contribution in [1.82, 2.24) is 0 Å². The molecule has 0 saturated carbocycles. The van der Waals surface area contributed by atoms with Crippen LogP contribution in [0.1, 0.15) is 11.1 Å². The summed E-state index contributed by atoms with van der Waals surface area (Å²) in [4.78, 5) is 12.8. The van der Waals surface area contributed by atoms with Gasteiger partial charge in [-0.2, -0.15) is 0 Å². The summed E-state index contributed by atoms with van der Waals surface area (Å²) in [5.41, 5.74) is 2.84. The molecule has 4 nitrogen and oxygen atoms in total. The molecular formula is C16H17NO3. The summed E-state index contributed by atoms with van der Waals surface area (Å²) >= 11 is 0. The van der Waals surface area contributed by atoms with Crippen molar-refractivity contribution in [2.24, 2.45) is 0 Å². The summed E-state index contributed by atoms with van der Waals surface area (Å²) < 4.78 is 0. The lowest BCUT2D eigenvalue weighted by Crippen LogP contribution is -2.29. The van der Waals surface area contributed by atoms with E-state index in [9.17, 15) is 9.90 Å². The van der Waals surface area contributed by atoms with E-state index in [4.69, 9.17) is 5.11 Å². The summed E-state index contributed by atoms with van der Waals surface area (Å²) in [6.45, 7) is 2.34. The summed E-state index contributed by atoms with van der Waals surface area (Å²) in [6, 6.07) is 14.6. The van der Waals surface area contributed by atoms with Crippen LogP contribution in [-0.2, 0) is 11.3 Å². The van der Waals surface area contributed by atoms with Crippen LogP contribution in [0.2, 0.25) is 0 Å². The highest BCUT2D eigenvalue weighted by molar-refractivity contribution is 5.73. The van der Waals surface area contributed by atoms with Gasteiger partial charge in [-0.3, -0.25) is 4.79 Å². The van der Waals surface area contributed by atoms with Gasteiger partial charge in [0.15, 0.2) is 0 Å². The van der Waals surface area contributed by atoms with Gasteiger partial charge in [-0.15, -0.1) is 0 Å². The number of rotatable bonds is 5. The number of benzene rings is 2. The van der Waals surface area contributed by atoms with Gasteiger partial charge in [0, 0.05) is 12.2 Å². The molecule has 0 bridgehead atoms. The lowest BCUT2D eigenvalue weighted by molar-refractivity contribution is -0.135. The zero-order valence-corrected chi connectivity index (χ0v) is 11.3. The summed E-state index contributed by atoms with van der Waals surface area (Å²) in [5, 5.41) is 18.5. The molecule has 0 aliphatic carbocycles. The van der Waals surface area contributed by atoms with E-state index in [0.29, 0.717) is 6.54 Å². The number of phenolic OH excluding ortho intramolecular Hbond substituents is 1. The number of carbonyl (C=O) groups is 1. The molecule has 0 amide bonds. The van der Waals surface area contributed by atoms with E-state index in [1.54, 1.807) is 23.1 Å². The van der Waals surface area contributed by atoms with Gasteiger partial charge in [0.2, 0.25) is 0 Å². The molecule has 0 saturated heterocycles. The number of aliphatic carboxylic acids is 1. The Hall–Kier alpha value is -2.49. The van der Waals surface area contributed by atoms with Crippen LogP contribution in [0.5, 0.6) is 5.75 Å². The quantitative estimate of drug-likeness (QED) is 0.878. The third-order valence-electron chi connectivity index (χ3n) is 3.01. The smallest absolute Gasteiger partial charge is 0.323 e. The fraction of sp³-hybridized carbons (Fsp3) is 0.188. The molecule has 0 spiro atoms. The third-order valence-corrected chi connectivity index (χ3v) is 3.01. The standard InChI is InChI=1S/C16H17NO3/c1-12-5-7-14(8-6-12)17(11-16(19)20)10-13-3-2-4-15(18)9-13/h2-9,18H,10-11H2,1H3,(H,19,20). The Kier molecular flexibility index (Phi) is 4.25. The van der Waals surface area contributed by atoms with E-state index in [1.807, 2.05) is 37.3 Å². The van der Waals surface area contributed by atoms with Gasteiger partial charge >= 0.3 is 5.97 Å². The average molecular weight is 271 g/mol. The van der Waals surface area contributed by atoms with Crippen LogP contribution in [0.25, 0.3) is 0 Å². The second-order valence-electron chi connectivity index (χ2n) is 4.76. The largest absolute Gasteiger partial charge is 0.508 e. The normalized spacial score (nSPS) is 10.2. The second-order valence-corrected chi connectivity index (χ2v) is 4.76. The molecular weight excluding hydrogens is 254 g/mol. The zero-order valence-electron chi connectivity index (χ0n) is 11.3. The van der Waals surface area contributed by atoms with Crippen LogP contribution in [0.3, 0.4) is 0 Å². The maximum absolute atomic E-state index is 11.0. The lowest BCUT2D eigenvalue weighted by Gasteiger charge is -2.23. The van der Waals surface area contributed by atoms with E-state index in [0.717, 1.165) is 16.8 Å². The van der Waals surface area contributed by atoms with Crippen molar-refractivity contribution in [3.05, 3.63) is 59.7 Å². The number of carboxylic acid groups (broad SMARTS) is 1. The average Bonchev–Trinajstić information content (AvgIpc) is 2.38. The van der Waals surface area contributed by atoms with Gasteiger partial charge in [0.25, 0.3) is 0 Å². The molecule has 2 aromatic rings. The molecule has 0 atom stereocenters. The first kappa shape index (κ1) is 13.9. The highest BCUT2D eigenvalue weighted by Gasteiger charge is 2.11. The zero-order chi connectivity index (χ0) is 14.5. The summed E-state index contributed by atoms with van der Waals surface area (Å²) in [7, 11) is 0. The van der Waals surface area contributed by atoms with Crippen LogP contribution in [0.15, 0.2) is 48.5 Å². The molecule has 0 aliphatic rings. The van der Waals surface area contributed by atoms with Gasteiger partial charge in [-0.05, 0) is 36.8 Å². The molecule has 0 unspecified atom stereocenters. The number of hydrogen-bond donors (Lipinski definition) is 2. The van der Waals surface area contributed by atoms with E-state index in [2.05, 4.69) is 0 Å². The van der Waals surface area contributed by atoms with Crippen molar-refractivity contribution >= 4 is 11.7 Å². The van der Waals surface area contributed by atoms with Crippen molar-refractivity contribution in [3.8, 4) is 5.75 Å². The fourth-order valence-corrected chi connectivity index (χ4v) is 2.03. The first-order chi connectivity index (χ1) is 9.54. The number of anilines is 1. The minimum absolute atomic E-state index is 0.0846. The molecule has 2 aromatic carbocycles. The number of hydrogen-bond acceptors (Lipinski definition) is 3. The molecule has 0 heterocycles. The van der Waals surface area contributed by atoms with Crippen molar-refractivity contribution in [1.29, 1.82) is 0 Å². The number of aryl methyl sites for hydroxylation is 1. The first-order valence-corrected chi connectivity index (χ1v) is 6.36. The third kappa shape index (κ3) is 3.75. The molecule has 2 N–H and O–H groups in total. The highest BCUT2D eigenvalue weighted by atomic mass is 16.4. The van der Waals surface area contributed by atoms with Gasteiger partial charge in [-0.1, -0.05) is 29.8 Å². The number of phenols is 1. The van der Waals surface area contributed by atoms with E-state index >= 15 is 0 Å². The number of carboxylic acids is 1. The minimum atomic E-state index is -0.884. The van der Waals surface area contributed by atoms with Crippen LogP contribution in [0.4, 0.5) is 5.69 Å². The van der Waals surface area contributed by atoms with Crippen LogP contribution < -0.4 is 4.90 Å². The van der Waals surface area contributed by atoms with Gasteiger partial charge in [0.05, 0.1) is 0 Å². The molecule has 104 valence electrons. The Bertz CT molecular complexity index is 593. The van der Waals surface area contributed by atoms with Crippen molar-refractivity contribution in [2.75, 3.05) is 11.4 Å². The van der Waals surface area contributed by atoms with Crippen LogP contribution in [-0.4, -0.2) is 22.7 Å². The van der Waals surface area contributed by atoms with Gasteiger partial charge in [0.1, 0.15) is 12.3 Å². The first-order valence-electron chi connectivity index (χ1n) is 6.36. The van der Waals surface area contributed by atoms with Crippen molar-refractivity contribution in [3.63, 3.8) is 0 Å². The Labute approximate surface area is 117 Å². The number of nitrogens with zero attached hydrogens (tertiary/aromatic N) is 1. The molecule has 20 heavy (non-hydrogen) atoms. The summed E-state index contributed by atoms with van der Waals surface area (Å²) in [5.74, 6) is -0.701. The number of aromatic hydroxyl groups is 1. The van der Waals surface area contributed by atoms with Crippen LogP contribution in [0, 0.1) is 6.92 Å². The van der Waals surface area contributed by atoms with E-state index in [1.165, 1.54) is 0 Å². The predicted molar refractivity (Wildman–Crippen MR) is 78.0 cm³/mol. The maximum Gasteiger partial charge on any atom is 0.323 e. The monoisotopic (exact) mass is 271 g/mol. The topological polar surface area (TPSA) is 60.8 Å². The molecule has 0 aromatic heterocycles. The SMILES string of the molecule is Cc1ccc(N(CC(=O)O)Cc2cccc(O)c2)cc1. The maximum atomic E-state index is 11.0. The minimum Gasteiger partial charge on any atom is -0.508 e. The van der Waals surface area contributed by atoms with E-state index in [-0.39, 0.29) is 12.3 Å². The van der Waals surface area contributed by atoms with Crippen molar-refractivity contribution in [2.45, 2.75) is 13.5 Å². The molecule has 0 radical (unpaired) electrons. The Morgan fingerprint density at radius 2 is 1.85 bits per heavy atom. The lowest BCUT2D eigenvalue weighted by atomic mass is 10.1.